The minimum absolute atomic E-state index is 0.109. The van der Waals surface area contributed by atoms with Gasteiger partial charge in [-0.25, -0.2) is 0 Å². The Balaban J connectivity index is 2.78. The first-order chi connectivity index (χ1) is 7.54. The molecule has 0 aliphatic heterocycles. The van der Waals surface area contributed by atoms with E-state index in [0.717, 1.165) is 12.1 Å². The lowest BCUT2D eigenvalue weighted by molar-refractivity contribution is -0.119. The molecule has 0 spiro atoms. The Hall–Kier alpha value is -1.55. The predicted octanol–water partition coefficient (Wildman–Crippen LogP) is 1.26. The average molecular weight is 222 g/mol. The third-order valence-corrected chi connectivity index (χ3v) is 2.69. The smallest absolute Gasteiger partial charge is 0.231 e. The molecule has 16 heavy (non-hydrogen) atoms. The third kappa shape index (κ3) is 3.24. The highest BCUT2D eigenvalue weighted by atomic mass is 16.3. The van der Waals surface area contributed by atoms with Gasteiger partial charge in [0.15, 0.2) is 0 Å². The fraction of sp³-hybridized carbons (Fsp3) is 0.417. The molecule has 1 atom stereocenters. The summed E-state index contributed by atoms with van der Waals surface area (Å²) in [5, 5.41) is 9.19. The van der Waals surface area contributed by atoms with Crippen LogP contribution in [-0.4, -0.2) is 29.0 Å². The number of primary amides is 1. The second-order valence-corrected chi connectivity index (χ2v) is 3.80. The molecule has 0 saturated carbocycles. The van der Waals surface area contributed by atoms with Gasteiger partial charge in [0.05, 0.1) is 6.54 Å². The van der Waals surface area contributed by atoms with Crippen LogP contribution in [0.4, 0.5) is 0 Å². The van der Waals surface area contributed by atoms with Crippen molar-refractivity contribution in [3.63, 3.8) is 0 Å². The van der Waals surface area contributed by atoms with E-state index in [1.165, 1.54) is 0 Å². The maximum Gasteiger partial charge on any atom is 0.231 e. The highest BCUT2D eigenvalue weighted by molar-refractivity contribution is 5.76. The van der Waals surface area contributed by atoms with Gasteiger partial charge < -0.3 is 10.8 Å². The molecule has 0 aromatic heterocycles. The predicted molar refractivity (Wildman–Crippen MR) is 63.0 cm³/mol. The third-order valence-electron chi connectivity index (χ3n) is 2.69. The van der Waals surface area contributed by atoms with Crippen LogP contribution < -0.4 is 5.73 Å². The van der Waals surface area contributed by atoms with Crippen molar-refractivity contribution in [2.45, 2.75) is 19.9 Å². The summed E-state index contributed by atoms with van der Waals surface area (Å²) in [6, 6.07) is 7.10. The second-order valence-electron chi connectivity index (χ2n) is 3.80. The largest absolute Gasteiger partial charge is 0.508 e. The van der Waals surface area contributed by atoms with Crippen molar-refractivity contribution in [3.05, 3.63) is 29.8 Å². The lowest BCUT2D eigenvalue weighted by Gasteiger charge is -2.26. The van der Waals surface area contributed by atoms with Gasteiger partial charge in [0.25, 0.3) is 0 Å². The molecule has 88 valence electrons. The molecule has 1 amide bonds. The number of likely N-dealkylation sites (N-methyl/N-ethyl adjacent to an activating group) is 1. The zero-order valence-corrected chi connectivity index (χ0v) is 9.68. The number of benzene rings is 1. The van der Waals surface area contributed by atoms with E-state index in [4.69, 9.17) is 5.73 Å². The molecule has 0 fully saturated rings. The fourth-order valence-corrected chi connectivity index (χ4v) is 1.69. The van der Waals surface area contributed by atoms with E-state index in [1.54, 1.807) is 12.1 Å². The first kappa shape index (κ1) is 12.5. The van der Waals surface area contributed by atoms with Crippen molar-refractivity contribution in [2.75, 3.05) is 13.1 Å². The Kier molecular flexibility index (Phi) is 4.31. The summed E-state index contributed by atoms with van der Waals surface area (Å²) in [6.45, 7) is 5.00. The van der Waals surface area contributed by atoms with Crippen molar-refractivity contribution in [2.24, 2.45) is 5.73 Å². The van der Waals surface area contributed by atoms with Crippen molar-refractivity contribution in [1.29, 1.82) is 0 Å². The summed E-state index contributed by atoms with van der Waals surface area (Å²) >= 11 is 0. The van der Waals surface area contributed by atoms with E-state index >= 15 is 0 Å². The minimum Gasteiger partial charge on any atom is -0.508 e. The minimum atomic E-state index is -0.326. The Labute approximate surface area is 95.7 Å². The molecule has 1 rings (SSSR count). The molecule has 0 heterocycles. The molecule has 4 nitrogen and oxygen atoms in total. The molecule has 0 aliphatic rings. The molecule has 4 heteroatoms. The zero-order chi connectivity index (χ0) is 12.1. The SMILES string of the molecule is CCN(CC(N)=O)C(C)c1ccc(O)cc1. The number of hydrogen-bond donors (Lipinski definition) is 2. The van der Waals surface area contributed by atoms with Gasteiger partial charge in [-0.1, -0.05) is 19.1 Å². The van der Waals surface area contributed by atoms with Gasteiger partial charge in [-0.2, -0.15) is 0 Å². The molecule has 0 radical (unpaired) electrons. The molecule has 1 aromatic rings. The fourth-order valence-electron chi connectivity index (χ4n) is 1.69. The van der Waals surface area contributed by atoms with Gasteiger partial charge in [0.1, 0.15) is 5.75 Å². The van der Waals surface area contributed by atoms with Crippen LogP contribution in [0.1, 0.15) is 25.5 Å². The number of carbonyl (C=O) groups excluding carboxylic acids is 1. The summed E-state index contributed by atoms with van der Waals surface area (Å²) in [4.78, 5) is 12.9. The van der Waals surface area contributed by atoms with Crippen LogP contribution in [-0.2, 0) is 4.79 Å². The Bertz CT molecular complexity index is 349. The van der Waals surface area contributed by atoms with E-state index in [-0.39, 0.29) is 24.2 Å². The lowest BCUT2D eigenvalue weighted by Crippen LogP contribution is -2.35. The van der Waals surface area contributed by atoms with Gasteiger partial charge in [-0.3, -0.25) is 9.69 Å². The zero-order valence-electron chi connectivity index (χ0n) is 9.68. The van der Waals surface area contributed by atoms with Gasteiger partial charge in [0.2, 0.25) is 5.91 Å². The molecular formula is C12H18N2O2. The van der Waals surface area contributed by atoms with Crippen LogP contribution in [0, 0.1) is 0 Å². The monoisotopic (exact) mass is 222 g/mol. The Morgan fingerprint density at radius 3 is 2.44 bits per heavy atom. The summed E-state index contributed by atoms with van der Waals surface area (Å²) < 4.78 is 0. The van der Waals surface area contributed by atoms with Crippen LogP contribution in [0.25, 0.3) is 0 Å². The number of aromatic hydroxyl groups is 1. The lowest BCUT2D eigenvalue weighted by atomic mass is 10.1. The molecule has 3 N–H and O–H groups in total. The number of phenolic OH excluding ortho intramolecular Hbond substituents is 1. The summed E-state index contributed by atoms with van der Waals surface area (Å²) in [7, 11) is 0. The topological polar surface area (TPSA) is 66.6 Å². The van der Waals surface area contributed by atoms with Crippen LogP contribution in [0.15, 0.2) is 24.3 Å². The van der Waals surface area contributed by atoms with Crippen LogP contribution in [0.3, 0.4) is 0 Å². The van der Waals surface area contributed by atoms with Crippen LogP contribution in [0.5, 0.6) is 5.75 Å². The summed E-state index contributed by atoms with van der Waals surface area (Å²) in [5.41, 5.74) is 6.24. The first-order valence-corrected chi connectivity index (χ1v) is 5.36. The number of rotatable bonds is 5. The van der Waals surface area contributed by atoms with Gasteiger partial charge in [-0.15, -0.1) is 0 Å². The van der Waals surface area contributed by atoms with E-state index in [2.05, 4.69) is 0 Å². The molecule has 1 aromatic carbocycles. The number of amides is 1. The van der Waals surface area contributed by atoms with Gasteiger partial charge in [-0.05, 0) is 31.2 Å². The van der Waals surface area contributed by atoms with Crippen molar-refractivity contribution in [1.82, 2.24) is 4.90 Å². The van der Waals surface area contributed by atoms with Gasteiger partial charge >= 0.3 is 0 Å². The second kappa shape index (κ2) is 5.51. The first-order valence-electron chi connectivity index (χ1n) is 5.36. The van der Waals surface area contributed by atoms with Crippen molar-refractivity contribution in [3.8, 4) is 5.75 Å². The number of nitrogens with zero attached hydrogens (tertiary/aromatic N) is 1. The number of carbonyl (C=O) groups is 1. The summed E-state index contributed by atoms with van der Waals surface area (Å²) in [5.74, 6) is -0.0821. The van der Waals surface area contributed by atoms with E-state index in [0.29, 0.717) is 0 Å². The Morgan fingerprint density at radius 1 is 1.44 bits per heavy atom. The number of phenols is 1. The molecule has 0 aliphatic carbocycles. The Morgan fingerprint density at radius 2 is 2.00 bits per heavy atom. The van der Waals surface area contributed by atoms with E-state index in [1.807, 2.05) is 30.9 Å². The quantitative estimate of drug-likeness (QED) is 0.788. The molecule has 0 bridgehead atoms. The van der Waals surface area contributed by atoms with E-state index < -0.39 is 0 Å². The van der Waals surface area contributed by atoms with Crippen molar-refractivity contribution < 1.29 is 9.90 Å². The molecular weight excluding hydrogens is 204 g/mol. The highest BCUT2D eigenvalue weighted by Gasteiger charge is 2.15. The van der Waals surface area contributed by atoms with Crippen LogP contribution >= 0.6 is 0 Å². The average Bonchev–Trinajstić information content (AvgIpc) is 2.25. The standard InChI is InChI=1S/C12H18N2O2/c1-3-14(8-12(13)16)9(2)10-4-6-11(15)7-5-10/h4-7,9,15H,3,8H2,1-2H3,(H2,13,16). The normalized spacial score (nSPS) is 12.7. The van der Waals surface area contributed by atoms with Crippen molar-refractivity contribution >= 4 is 5.91 Å². The maximum atomic E-state index is 10.9. The van der Waals surface area contributed by atoms with E-state index in [9.17, 15) is 9.90 Å². The highest BCUT2D eigenvalue weighted by Crippen LogP contribution is 2.21. The number of hydrogen-bond acceptors (Lipinski definition) is 3. The molecule has 0 saturated heterocycles. The summed E-state index contributed by atoms with van der Waals surface area (Å²) in [6.07, 6.45) is 0. The number of nitrogens with two attached hydrogens (primary N) is 1. The van der Waals surface area contributed by atoms with Gasteiger partial charge in [0, 0.05) is 6.04 Å². The molecule has 1 unspecified atom stereocenters. The maximum absolute atomic E-state index is 10.9. The van der Waals surface area contributed by atoms with Crippen LogP contribution in [0.2, 0.25) is 0 Å².